The smallest absolute Gasteiger partial charge is 0.319 e. The van der Waals surface area contributed by atoms with Crippen LogP contribution in [0.4, 0.5) is 14.6 Å². The molecule has 5 N–H and O–H groups in total. The number of β-amino-alcohol motifs (C(OH)–C–C–N with tert-alkyl or cyclic N) is 1. The van der Waals surface area contributed by atoms with Gasteiger partial charge < -0.3 is 45.6 Å². The molecule has 0 spiro atoms. The number of phenolic OH excluding ortho intramolecular Hbond substituents is 1. The maximum absolute atomic E-state index is 17.0. The fourth-order valence-corrected chi connectivity index (χ4v) is 11.9. The number of aliphatic hydroxyl groups excluding tert-OH is 1. The summed E-state index contributed by atoms with van der Waals surface area (Å²) in [5.41, 5.74) is 3.30. The van der Waals surface area contributed by atoms with Crippen LogP contribution in [-0.4, -0.2) is 159 Å². The molecular weight excluding hydrogens is 1040 g/mol. The Morgan fingerprint density at radius 1 is 0.951 bits per heavy atom. The first-order valence-electron chi connectivity index (χ1n) is 28.2. The Morgan fingerprint density at radius 2 is 1.69 bits per heavy atom. The van der Waals surface area contributed by atoms with Crippen molar-refractivity contribution < 1.29 is 42.9 Å². The number of hydrogen-bond donors (Lipinski definition) is 5. The van der Waals surface area contributed by atoms with Crippen LogP contribution >= 0.6 is 0 Å². The lowest BCUT2D eigenvalue weighted by molar-refractivity contribution is -0.144. The number of piperazine rings is 2. The third kappa shape index (κ3) is 12.7. The van der Waals surface area contributed by atoms with Crippen LogP contribution in [0.15, 0.2) is 65.4 Å². The Balaban J connectivity index is 0.685. The van der Waals surface area contributed by atoms with Crippen molar-refractivity contribution in [3.05, 3.63) is 88.7 Å². The van der Waals surface area contributed by atoms with Crippen molar-refractivity contribution in [2.24, 2.45) is 10.4 Å². The SMILES string of the molecule is C#Cc1c(F)ccc2cc(O)cc(-c3ncc4c(N5CC6CCC(C5)N6)nc(OCCCN5CCN(C(=O)CCCCC(=O)N[C@H](C(=O)N6C[C@H](O)C[C@H]6C(=O)NCc6ccc(C7=C(C)N=CC7)cc6)C(C)(C)C)CC5)nc4c3F)c12. The van der Waals surface area contributed by atoms with Crippen LogP contribution in [0.2, 0.25) is 0 Å². The van der Waals surface area contributed by atoms with Gasteiger partial charge in [-0.3, -0.25) is 34.1 Å². The molecule has 2 aromatic heterocycles. The first kappa shape index (κ1) is 56.7. The number of aliphatic hydroxyl groups is 1. The van der Waals surface area contributed by atoms with Gasteiger partial charge in [0.2, 0.25) is 23.6 Å². The number of aliphatic imine (C=N–C) groups is 1. The van der Waals surface area contributed by atoms with Crippen molar-refractivity contribution in [3.63, 3.8) is 0 Å². The predicted octanol–water partition coefficient (Wildman–Crippen LogP) is 6.24. The molecule has 3 aromatic carbocycles. The molecule has 0 aliphatic carbocycles. The number of nitrogens with one attached hydrogen (secondary N) is 3. The molecule has 426 valence electrons. The first-order valence-corrected chi connectivity index (χ1v) is 28.2. The molecule has 81 heavy (non-hydrogen) atoms. The van der Waals surface area contributed by atoms with Gasteiger partial charge in [-0.05, 0) is 84.7 Å². The van der Waals surface area contributed by atoms with E-state index in [4.69, 9.17) is 16.1 Å². The number of allylic oxidation sites excluding steroid dienone is 2. The number of carbonyl (C=O) groups is 4. The molecular formula is C61H71F2N11O7. The van der Waals surface area contributed by atoms with Crippen LogP contribution in [0.1, 0.15) is 102 Å². The number of hydrogen-bond acceptors (Lipinski definition) is 14. The van der Waals surface area contributed by atoms with Gasteiger partial charge in [-0.25, -0.2) is 8.78 Å². The number of terminal acetylenes is 1. The fraction of sp³-hybridized carbons (Fsp3) is 0.475. The number of aromatic nitrogens is 3. The van der Waals surface area contributed by atoms with Gasteiger partial charge in [-0.1, -0.05) is 57.0 Å². The zero-order valence-electron chi connectivity index (χ0n) is 46.4. The number of nitrogens with zero attached hydrogens (tertiary/aromatic N) is 8. The van der Waals surface area contributed by atoms with Crippen molar-refractivity contribution >= 4 is 62.9 Å². The summed E-state index contributed by atoms with van der Waals surface area (Å²) in [7, 11) is 0. The van der Waals surface area contributed by atoms with E-state index in [9.17, 15) is 29.4 Å². The Kier molecular flexibility index (Phi) is 17.0. The Labute approximate surface area is 470 Å². The molecule has 2 unspecified atom stereocenters. The van der Waals surface area contributed by atoms with E-state index in [0.717, 1.165) is 36.1 Å². The number of anilines is 1. The number of pyridine rings is 1. The zero-order chi connectivity index (χ0) is 57.1. The molecule has 2 bridgehead atoms. The number of amides is 4. The number of fused-ring (bicyclic) bond motifs is 4. The van der Waals surface area contributed by atoms with Crippen LogP contribution in [-0.2, 0) is 25.7 Å². The van der Waals surface area contributed by atoms with E-state index in [1.54, 1.807) is 0 Å². The molecule has 4 saturated heterocycles. The maximum atomic E-state index is 17.0. The minimum Gasteiger partial charge on any atom is -0.508 e. The number of rotatable bonds is 18. The maximum Gasteiger partial charge on any atom is 0.319 e. The highest BCUT2D eigenvalue weighted by atomic mass is 19.1. The number of ether oxygens (including phenoxy) is 1. The molecule has 4 fully saturated rings. The monoisotopic (exact) mass is 1110 g/mol. The van der Waals surface area contributed by atoms with Gasteiger partial charge in [0.15, 0.2) is 5.82 Å². The Bertz CT molecular complexity index is 3320. The van der Waals surface area contributed by atoms with Crippen molar-refractivity contribution in [1.82, 2.24) is 45.6 Å². The van der Waals surface area contributed by atoms with Gasteiger partial charge in [0.1, 0.15) is 40.7 Å². The van der Waals surface area contributed by atoms with Crippen molar-refractivity contribution in [2.45, 2.75) is 122 Å². The van der Waals surface area contributed by atoms with Crippen molar-refractivity contribution in [3.8, 4) is 35.4 Å². The average Bonchev–Trinajstić information content (AvgIpc) is 4.36. The topological polar surface area (TPSA) is 218 Å². The van der Waals surface area contributed by atoms with E-state index in [0.29, 0.717) is 81.7 Å². The number of phenols is 1. The molecule has 0 radical (unpaired) electrons. The van der Waals surface area contributed by atoms with E-state index in [-0.39, 0.29) is 108 Å². The minimum atomic E-state index is -0.952. The van der Waals surface area contributed by atoms with E-state index >= 15 is 8.78 Å². The highest BCUT2D eigenvalue weighted by molar-refractivity contribution is 6.03. The van der Waals surface area contributed by atoms with E-state index in [1.165, 1.54) is 40.9 Å². The molecule has 5 aliphatic heterocycles. The highest BCUT2D eigenvalue weighted by Crippen LogP contribution is 2.40. The third-order valence-electron chi connectivity index (χ3n) is 16.3. The average molecular weight is 1110 g/mol. The number of halogens is 2. The molecule has 5 aliphatic rings. The number of benzene rings is 3. The molecule has 10 rings (SSSR count). The molecule has 5 atom stereocenters. The van der Waals surface area contributed by atoms with Gasteiger partial charge >= 0.3 is 6.01 Å². The summed E-state index contributed by atoms with van der Waals surface area (Å²) in [5, 5.41) is 31.9. The molecule has 20 heteroatoms. The Hall–Kier alpha value is -7.60. The summed E-state index contributed by atoms with van der Waals surface area (Å²) < 4.78 is 38.2. The number of likely N-dealkylation sites (tertiary alicyclic amines) is 1. The van der Waals surface area contributed by atoms with Crippen LogP contribution in [0.5, 0.6) is 11.8 Å². The highest BCUT2D eigenvalue weighted by Gasteiger charge is 2.44. The lowest BCUT2D eigenvalue weighted by Gasteiger charge is -2.35. The molecule has 4 amide bonds. The Morgan fingerprint density at radius 3 is 2.40 bits per heavy atom. The minimum absolute atomic E-state index is 0.00130. The number of aromatic hydroxyl groups is 1. The van der Waals surface area contributed by atoms with Crippen molar-refractivity contribution in [1.29, 1.82) is 0 Å². The van der Waals surface area contributed by atoms with Crippen LogP contribution in [0.25, 0.3) is 38.5 Å². The molecule has 5 aromatic rings. The van der Waals surface area contributed by atoms with Gasteiger partial charge in [0.05, 0.1) is 23.7 Å². The normalized spacial score (nSPS) is 20.5. The standard InChI is InChI=1S/C61H71F2N11O7/c1-6-44-48(62)19-16-39-28-42(75)29-46(52(39)44)54-53(63)55-47(32-65-54)57(73-33-40-17-18-41(34-73)67-40)70-60(69-55)81-27-9-22-71-23-25-72(26-24-71)51(78)11-8-7-10-50(77)68-56(61(3,4)5)59(80)74-35-43(76)30-49(74)58(79)66-31-37-12-14-38(15-13-37)45-20-21-64-36(45)2/h1,12-16,19,21,28-29,32,40-41,43,49,56,67,75-76H,7-11,17-18,20,22-27,30-31,33-35H2,2-5H3,(H,66,79)(H,68,77)/t40?,41?,43-,49+,56-/m1/s1. The second-order valence-electron chi connectivity index (χ2n) is 23.1. The molecule has 7 heterocycles. The second kappa shape index (κ2) is 24.2. The quantitative estimate of drug-likeness (QED) is 0.0486. The summed E-state index contributed by atoms with van der Waals surface area (Å²) in [6.07, 6.45) is 13.1. The van der Waals surface area contributed by atoms with E-state index in [2.05, 4.69) is 46.6 Å². The van der Waals surface area contributed by atoms with Gasteiger partial charge in [-0.2, -0.15) is 9.97 Å². The lowest BCUT2D eigenvalue weighted by Crippen LogP contribution is -2.57. The fourth-order valence-electron chi connectivity index (χ4n) is 11.9. The summed E-state index contributed by atoms with van der Waals surface area (Å²) in [6, 6.07) is 12.0. The summed E-state index contributed by atoms with van der Waals surface area (Å²) in [4.78, 5) is 80.3. The van der Waals surface area contributed by atoms with E-state index < -0.39 is 41.1 Å². The molecule has 0 saturated carbocycles. The number of unbranched alkanes of at least 4 members (excludes halogenated alkanes) is 1. The zero-order valence-corrected chi connectivity index (χ0v) is 46.4. The summed E-state index contributed by atoms with van der Waals surface area (Å²) in [6.45, 7) is 12.4. The largest absolute Gasteiger partial charge is 0.508 e. The summed E-state index contributed by atoms with van der Waals surface area (Å²) in [5.74, 6) is 0.147. The van der Waals surface area contributed by atoms with E-state index in [1.807, 2.05) is 63.1 Å². The van der Waals surface area contributed by atoms with Crippen molar-refractivity contribution in [2.75, 3.05) is 63.9 Å². The summed E-state index contributed by atoms with van der Waals surface area (Å²) >= 11 is 0. The van der Waals surface area contributed by atoms with Crippen LogP contribution in [0.3, 0.4) is 0 Å². The van der Waals surface area contributed by atoms with Gasteiger partial charge in [0.25, 0.3) is 0 Å². The van der Waals surface area contributed by atoms with Crippen LogP contribution < -0.4 is 25.6 Å². The number of carbonyl (C=O) groups excluding carboxylic acids is 4. The third-order valence-corrected chi connectivity index (χ3v) is 16.3. The lowest BCUT2D eigenvalue weighted by atomic mass is 9.85. The second-order valence-corrected chi connectivity index (χ2v) is 23.1. The van der Waals surface area contributed by atoms with Gasteiger partial charge in [0, 0.05) is 126 Å². The first-order chi connectivity index (χ1) is 38.9. The molecule has 18 nitrogen and oxygen atoms in total. The predicted molar refractivity (Wildman–Crippen MR) is 305 cm³/mol. The van der Waals surface area contributed by atoms with Crippen LogP contribution in [0, 0.1) is 29.4 Å². The van der Waals surface area contributed by atoms with Gasteiger partial charge in [-0.15, -0.1) is 6.42 Å².